The van der Waals surface area contributed by atoms with Crippen molar-refractivity contribution in [2.45, 2.75) is 38.3 Å². The van der Waals surface area contributed by atoms with Crippen molar-refractivity contribution in [3.8, 4) is 0 Å². The summed E-state index contributed by atoms with van der Waals surface area (Å²) in [5.74, 6) is 0.641. The number of nitrogens with two attached hydrogens (primary N) is 1. The third-order valence-corrected chi connectivity index (χ3v) is 4.06. The lowest BCUT2D eigenvalue weighted by atomic mass is 9.99. The maximum absolute atomic E-state index is 6.26. The van der Waals surface area contributed by atoms with E-state index in [0.29, 0.717) is 16.0 Å². The Morgan fingerprint density at radius 3 is 2.61 bits per heavy atom. The van der Waals surface area contributed by atoms with E-state index in [1.54, 1.807) is 0 Å². The number of halogens is 2. The van der Waals surface area contributed by atoms with Crippen LogP contribution in [0.15, 0.2) is 18.2 Å². The highest BCUT2D eigenvalue weighted by molar-refractivity contribution is 6.42. The van der Waals surface area contributed by atoms with E-state index in [1.165, 1.54) is 12.8 Å². The summed E-state index contributed by atoms with van der Waals surface area (Å²) >= 11 is 11.9. The average molecular weight is 288 g/mol. The summed E-state index contributed by atoms with van der Waals surface area (Å²) in [6, 6.07) is 5.71. The molecule has 0 heterocycles. The molecule has 0 spiro atoms. The molecule has 0 radical (unpaired) electrons. The Bertz CT molecular complexity index is 407. The van der Waals surface area contributed by atoms with Crippen LogP contribution in [0.2, 0.25) is 10.0 Å². The van der Waals surface area contributed by atoms with E-state index >= 15 is 0 Å². The van der Waals surface area contributed by atoms with E-state index < -0.39 is 0 Å². The molecule has 2 nitrogen and oxygen atoms in total. The Labute approximate surface area is 118 Å². The molecule has 1 saturated carbocycles. The molecule has 0 amide bonds. The summed E-state index contributed by atoms with van der Waals surface area (Å²) in [7, 11) is 0. The van der Waals surface area contributed by atoms with Crippen molar-refractivity contribution in [1.82, 2.24) is 0 Å². The largest absolute Gasteiger partial charge is 0.377 e. The van der Waals surface area contributed by atoms with E-state index in [9.17, 15) is 0 Å². The minimum atomic E-state index is 0.0229. The van der Waals surface area contributed by atoms with Crippen molar-refractivity contribution in [2.75, 3.05) is 6.61 Å². The molecule has 0 aliphatic heterocycles. The first-order valence-electron chi connectivity index (χ1n) is 6.43. The predicted octanol–water partition coefficient (Wildman–Crippen LogP) is 3.68. The number of ether oxygens (including phenoxy) is 1. The lowest BCUT2D eigenvalue weighted by Gasteiger charge is -2.23. The third-order valence-electron chi connectivity index (χ3n) is 3.32. The lowest BCUT2D eigenvalue weighted by molar-refractivity contribution is 0.0288. The van der Waals surface area contributed by atoms with Gasteiger partial charge in [-0.25, -0.2) is 0 Å². The van der Waals surface area contributed by atoms with Crippen LogP contribution in [0.3, 0.4) is 0 Å². The molecule has 2 unspecified atom stereocenters. The van der Waals surface area contributed by atoms with Crippen LogP contribution in [0, 0.1) is 5.92 Å². The van der Waals surface area contributed by atoms with Gasteiger partial charge in [0.2, 0.25) is 0 Å². The minimum absolute atomic E-state index is 0.0229. The first kappa shape index (κ1) is 14.1. The molecule has 2 rings (SSSR count). The molecular formula is C14H19Cl2NO. The lowest BCUT2D eigenvalue weighted by Crippen LogP contribution is -2.40. The van der Waals surface area contributed by atoms with Crippen molar-refractivity contribution in [1.29, 1.82) is 0 Å². The van der Waals surface area contributed by atoms with Crippen LogP contribution >= 0.6 is 23.2 Å². The van der Waals surface area contributed by atoms with Gasteiger partial charge in [-0.3, -0.25) is 0 Å². The highest BCUT2D eigenvalue weighted by atomic mass is 35.5. The van der Waals surface area contributed by atoms with E-state index in [0.717, 1.165) is 18.6 Å². The van der Waals surface area contributed by atoms with Gasteiger partial charge in [0.05, 0.1) is 16.1 Å². The number of rotatable bonds is 6. The summed E-state index contributed by atoms with van der Waals surface area (Å²) in [5, 5.41) is 1.17. The van der Waals surface area contributed by atoms with Gasteiger partial charge in [0.15, 0.2) is 0 Å². The van der Waals surface area contributed by atoms with Crippen LogP contribution in [0.4, 0.5) is 0 Å². The molecule has 2 N–H and O–H groups in total. The Morgan fingerprint density at radius 1 is 1.33 bits per heavy atom. The molecule has 1 aliphatic rings. The summed E-state index contributed by atoms with van der Waals surface area (Å²) in [4.78, 5) is 0. The normalized spacial score (nSPS) is 18.7. The maximum atomic E-state index is 6.26. The molecule has 1 aliphatic carbocycles. The van der Waals surface area contributed by atoms with Crippen molar-refractivity contribution in [2.24, 2.45) is 11.7 Å². The van der Waals surface area contributed by atoms with Gasteiger partial charge in [0, 0.05) is 12.6 Å². The molecule has 0 bridgehead atoms. The van der Waals surface area contributed by atoms with Crippen LogP contribution in [0.5, 0.6) is 0 Å². The molecular weight excluding hydrogens is 269 g/mol. The highest BCUT2D eigenvalue weighted by Gasteiger charge is 2.35. The zero-order chi connectivity index (χ0) is 13.1. The van der Waals surface area contributed by atoms with Crippen LogP contribution in [0.1, 0.15) is 25.3 Å². The minimum Gasteiger partial charge on any atom is -0.377 e. The van der Waals surface area contributed by atoms with Gasteiger partial charge in [0.25, 0.3) is 0 Å². The van der Waals surface area contributed by atoms with Gasteiger partial charge in [-0.2, -0.15) is 0 Å². The number of hydrogen-bond acceptors (Lipinski definition) is 2. The topological polar surface area (TPSA) is 35.2 Å². The smallest absolute Gasteiger partial charge is 0.0757 e. The fourth-order valence-corrected chi connectivity index (χ4v) is 2.60. The maximum Gasteiger partial charge on any atom is 0.0757 e. The molecule has 100 valence electrons. The van der Waals surface area contributed by atoms with E-state index in [-0.39, 0.29) is 12.1 Å². The quantitative estimate of drug-likeness (QED) is 0.866. The van der Waals surface area contributed by atoms with Crippen LogP contribution < -0.4 is 5.73 Å². The Balaban J connectivity index is 2.00. The highest BCUT2D eigenvalue weighted by Crippen LogP contribution is 2.36. The molecule has 18 heavy (non-hydrogen) atoms. The second kappa shape index (κ2) is 6.25. The first-order chi connectivity index (χ1) is 8.61. The van der Waals surface area contributed by atoms with Crippen LogP contribution in [0.25, 0.3) is 0 Å². The van der Waals surface area contributed by atoms with Crippen molar-refractivity contribution in [3.05, 3.63) is 33.8 Å². The molecule has 1 aromatic carbocycles. The third kappa shape index (κ3) is 3.61. The van der Waals surface area contributed by atoms with Crippen LogP contribution in [-0.4, -0.2) is 18.8 Å². The summed E-state index contributed by atoms with van der Waals surface area (Å²) < 4.78 is 5.77. The van der Waals surface area contributed by atoms with Crippen molar-refractivity contribution >= 4 is 23.2 Å². The summed E-state index contributed by atoms with van der Waals surface area (Å²) in [6.07, 6.45) is 3.42. The fourth-order valence-electron chi connectivity index (χ4n) is 2.28. The van der Waals surface area contributed by atoms with E-state index in [4.69, 9.17) is 33.7 Å². The van der Waals surface area contributed by atoms with Gasteiger partial charge in [0.1, 0.15) is 0 Å². The fraction of sp³-hybridized carbons (Fsp3) is 0.571. The molecule has 1 aromatic rings. The second-order valence-electron chi connectivity index (χ2n) is 4.87. The molecule has 0 aromatic heterocycles. The Morgan fingerprint density at radius 2 is 2.06 bits per heavy atom. The zero-order valence-corrected chi connectivity index (χ0v) is 12.0. The average Bonchev–Trinajstić information content (AvgIpc) is 3.15. The van der Waals surface area contributed by atoms with Gasteiger partial charge >= 0.3 is 0 Å². The van der Waals surface area contributed by atoms with Gasteiger partial charge in [-0.05, 0) is 49.8 Å². The SMILES string of the molecule is CCOC(C(N)Cc1ccc(Cl)c(Cl)c1)C1CC1. The zero-order valence-electron chi connectivity index (χ0n) is 10.5. The molecule has 2 atom stereocenters. The summed E-state index contributed by atoms with van der Waals surface area (Å²) in [5.41, 5.74) is 7.38. The number of hydrogen-bond donors (Lipinski definition) is 1. The van der Waals surface area contributed by atoms with Crippen molar-refractivity contribution in [3.63, 3.8) is 0 Å². The first-order valence-corrected chi connectivity index (χ1v) is 7.18. The monoisotopic (exact) mass is 287 g/mol. The van der Waals surface area contributed by atoms with E-state index in [2.05, 4.69) is 0 Å². The summed E-state index contributed by atoms with van der Waals surface area (Å²) in [6.45, 7) is 2.73. The molecule has 4 heteroatoms. The Hall–Kier alpha value is -0.280. The number of benzene rings is 1. The molecule has 0 saturated heterocycles. The van der Waals surface area contributed by atoms with Gasteiger partial charge in [-0.1, -0.05) is 29.3 Å². The van der Waals surface area contributed by atoms with Crippen molar-refractivity contribution < 1.29 is 4.74 Å². The van der Waals surface area contributed by atoms with Gasteiger partial charge < -0.3 is 10.5 Å². The standard InChI is InChI=1S/C14H19Cl2NO/c1-2-18-14(10-4-5-10)13(17)8-9-3-6-11(15)12(16)7-9/h3,6-7,10,13-14H,2,4-5,8,17H2,1H3. The second-order valence-corrected chi connectivity index (χ2v) is 5.69. The predicted molar refractivity (Wildman–Crippen MR) is 76.3 cm³/mol. The van der Waals surface area contributed by atoms with Gasteiger partial charge in [-0.15, -0.1) is 0 Å². The molecule has 1 fully saturated rings. The van der Waals surface area contributed by atoms with E-state index in [1.807, 2.05) is 25.1 Å². The Kier molecular flexibility index (Phi) is 4.91. The van der Waals surface area contributed by atoms with Crippen LogP contribution in [-0.2, 0) is 11.2 Å².